The molecule has 0 atom stereocenters. The van der Waals surface area contributed by atoms with E-state index in [2.05, 4.69) is 26.0 Å². The molecule has 0 unspecified atom stereocenters. The zero-order valence-corrected chi connectivity index (χ0v) is 12.1. The quantitative estimate of drug-likeness (QED) is 0.779. The van der Waals surface area contributed by atoms with Crippen LogP contribution in [0.15, 0.2) is 24.3 Å². The van der Waals surface area contributed by atoms with Crippen LogP contribution in [0.1, 0.15) is 38.7 Å². The summed E-state index contributed by atoms with van der Waals surface area (Å²) < 4.78 is 5.03. The summed E-state index contributed by atoms with van der Waals surface area (Å²) >= 11 is 0. The minimum absolute atomic E-state index is 0.0987. The first-order valence-corrected chi connectivity index (χ1v) is 6.96. The summed E-state index contributed by atoms with van der Waals surface area (Å²) in [4.78, 5) is 14.5. The molecule has 1 aromatic rings. The predicted molar refractivity (Wildman–Crippen MR) is 77.4 cm³/mol. The number of ether oxygens (including phenoxy) is 1. The predicted octanol–water partition coefficient (Wildman–Crippen LogP) is 3.17. The van der Waals surface area contributed by atoms with E-state index < -0.39 is 0 Å². The van der Waals surface area contributed by atoms with E-state index in [1.807, 2.05) is 17.0 Å². The fourth-order valence-corrected chi connectivity index (χ4v) is 2.77. The van der Waals surface area contributed by atoms with Gasteiger partial charge < -0.3 is 9.64 Å². The molecule has 0 bridgehead atoms. The Morgan fingerprint density at radius 2 is 2.11 bits per heavy atom. The average Bonchev–Trinajstić information content (AvgIpc) is 2.38. The fourth-order valence-electron chi connectivity index (χ4n) is 2.77. The van der Waals surface area contributed by atoms with Crippen molar-refractivity contribution >= 4 is 11.6 Å². The van der Waals surface area contributed by atoms with Gasteiger partial charge in [-0.25, -0.2) is 0 Å². The van der Waals surface area contributed by atoms with Gasteiger partial charge in [0.1, 0.15) is 0 Å². The second-order valence-corrected chi connectivity index (χ2v) is 5.77. The first-order chi connectivity index (χ1) is 9.06. The molecule has 1 heterocycles. The normalized spacial score (nSPS) is 17.1. The summed E-state index contributed by atoms with van der Waals surface area (Å²) in [5.41, 5.74) is 2.27. The van der Waals surface area contributed by atoms with E-state index in [0.717, 1.165) is 24.9 Å². The molecule has 0 N–H and O–H groups in total. The molecular formula is C16H23NO2. The maximum atomic E-state index is 12.5. The van der Waals surface area contributed by atoms with Crippen molar-refractivity contribution in [2.45, 2.75) is 45.1 Å². The molecule has 1 aromatic carbocycles. The molecule has 19 heavy (non-hydrogen) atoms. The molecule has 0 radical (unpaired) electrons. The van der Waals surface area contributed by atoms with Gasteiger partial charge in [-0.15, -0.1) is 0 Å². The number of aryl methyl sites for hydroxylation is 1. The maximum absolute atomic E-state index is 12.5. The molecule has 0 saturated heterocycles. The number of para-hydroxylation sites is 1. The van der Waals surface area contributed by atoms with Crippen LogP contribution in [0, 0.1) is 0 Å². The molecule has 0 spiro atoms. The van der Waals surface area contributed by atoms with Gasteiger partial charge >= 0.3 is 0 Å². The number of fused-ring (bicyclic) bond motifs is 1. The van der Waals surface area contributed by atoms with E-state index in [0.29, 0.717) is 13.0 Å². The van der Waals surface area contributed by atoms with Crippen molar-refractivity contribution in [2.24, 2.45) is 0 Å². The van der Waals surface area contributed by atoms with Crippen LogP contribution in [-0.2, 0) is 16.0 Å². The number of methoxy groups -OCH3 is 1. The van der Waals surface area contributed by atoms with Crippen LogP contribution < -0.4 is 4.90 Å². The summed E-state index contributed by atoms with van der Waals surface area (Å²) in [6, 6.07) is 8.24. The van der Waals surface area contributed by atoms with E-state index in [4.69, 9.17) is 4.74 Å². The number of rotatable bonds is 4. The lowest BCUT2D eigenvalue weighted by atomic mass is 9.86. The van der Waals surface area contributed by atoms with E-state index in [1.165, 1.54) is 5.56 Å². The lowest BCUT2D eigenvalue weighted by Gasteiger charge is -2.43. The molecule has 104 valence electrons. The zero-order chi connectivity index (χ0) is 13.9. The second-order valence-electron chi connectivity index (χ2n) is 5.77. The van der Waals surface area contributed by atoms with Crippen molar-refractivity contribution in [3.63, 3.8) is 0 Å². The Morgan fingerprint density at radius 1 is 1.37 bits per heavy atom. The van der Waals surface area contributed by atoms with E-state index in [9.17, 15) is 4.79 Å². The van der Waals surface area contributed by atoms with Gasteiger partial charge in [0, 0.05) is 31.4 Å². The zero-order valence-electron chi connectivity index (χ0n) is 12.1. The van der Waals surface area contributed by atoms with Crippen LogP contribution in [0.4, 0.5) is 5.69 Å². The summed E-state index contributed by atoms with van der Waals surface area (Å²) in [5, 5.41) is 0. The largest absolute Gasteiger partial charge is 0.385 e. The minimum Gasteiger partial charge on any atom is -0.385 e. The number of hydrogen-bond donors (Lipinski definition) is 0. The summed E-state index contributed by atoms with van der Waals surface area (Å²) in [6.45, 7) is 4.94. The van der Waals surface area contributed by atoms with Gasteiger partial charge in [0.15, 0.2) is 0 Å². The number of benzene rings is 1. The lowest BCUT2D eigenvalue weighted by molar-refractivity contribution is -0.120. The number of amides is 1. The monoisotopic (exact) mass is 261 g/mol. The number of hydrogen-bond acceptors (Lipinski definition) is 2. The summed E-state index contributed by atoms with van der Waals surface area (Å²) in [5.74, 6) is 0.203. The highest BCUT2D eigenvalue weighted by atomic mass is 16.5. The maximum Gasteiger partial charge on any atom is 0.227 e. The molecule has 3 nitrogen and oxygen atoms in total. The van der Waals surface area contributed by atoms with E-state index in [1.54, 1.807) is 7.11 Å². The van der Waals surface area contributed by atoms with Gasteiger partial charge in [0.2, 0.25) is 5.91 Å². The Labute approximate surface area is 115 Å². The van der Waals surface area contributed by atoms with E-state index >= 15 is 0 Å². The van der Waals surface area contributed by atoms with Crippen molar-refractivity contribution in [3.05, 3.63) is 29.8 Å². The SMILES string of the molecule is COCCCC(=O)N1c2ccccc2CCC1(C)C. The Kier molecular flexibility index (Phi) is 4.25. The van der Waals surface area contributed by atoms with Crippen molar-refractivity contribution in [3.8, 4) is 0 Å². The fraction of sp³-hybridized carbons (Fsp3) is 0.562. The van der Waals surface area contributed by atoms with E-state index in [-0.39, 0.29) is 11.4 Å². The van der Waals surface area contributed by atoms with Gasteiger partial charge in [-0.05, 0) is 44.7 Å². The van der Waals surface area contributed by atoms with Crippen LogP contribution in [0.3, 0.4) is 0 Å². The van der Waals surface area contributed by atoms with Gasteiger partial charge in [-0.2, -0.15) is 0 Å². The highest BCUT2D eigenvalue weighted by molar-refractivity contribution is 5.96. The Hall–Kier alpha value is -1.35. The smallest absolute Gasteiger partial charge is 0.227 e. The molecular weight excluding hydrogens is 238 g/mol. The second kappa shape index (κ2) is 5.74. The molecule has 2 rings (SSSR count). The highest BCUT2D eigenvalue weighted by Crippen LogP contribution is 2.37. The number of anilines is 1. The first kappa shape index (κ1) is 14.1. The molecule has 3 heteroatoms. The van der Waals surface area contributed by atoms with Crippen molar-refractivity contribution in [1.29, 1.82) is 0 Å². The third-order valence-electron chi connectivity index (χ3n) is 3.83. The number of carbonyl (C=O) groups excluding carboxylic acids is 1. The van der Waals surface area contributed by atoms with Crippen LogP contribution >= 0.6 is 0 Å². The Morgan fingerprint density at radius 3 is 2.84 bits per heavy atom. The molecule has 1 aliphatic heterocycles. The summed E-state index contributed by atoms with van der Waals surface area (Å²) in [6.07, 6.45) is 3.39. The highest BCUT2D eigenvalue weighted by Gasteiger charge is 2.36. The molecule has 1 amide bonds. The average molecular weight is 261 g/mol. The van der Waals surface area contributed by atoms with Crippen LogP contribution in [0.2, 0.25) is 0 Å². The third kappa shape index (κ3) is 2.98. The lowest BCUT2D eigenvalue weighted by Crippen LogP contribution is -2.51. The van der Waals surface area contributed by atoms with Gasteiger partial charge in [-0.1, -0.05) is 18.2 Å². The Bertz CT molecular complexity index is 454. The molecule has 0 aromatic heterocycles. The van der Waals surface area contributed by atoms with Gasteiger partial charge in [-0.3, -0.25) is 4.79 Å². The molecule has 0 saturated carbocycles. The number of carbonyl (C=O) groups is 1. The molecule has 1 aliphatic rings. The topological polar surface area (TPSA) is 29.5 Å². The molecule has 0 fully saturated rings. The van der Waals surface area contributed by atoms with Crippen LogP contribution in [0.25, 0.3) is 0 Å². The first-order valence-electron chi connectivity index (χ1n) is 6.96. The van der Waals surface area contributed by atoms with Crippen LogP contribution in [0.5, 0.6) is 0 Å². The standard InChI is InChI=1S/C16H23NO2/c1-16(2)11-10-13-7-4-5-8-14(13)17(16)15(18)9-6-12-19-3/h4-5,7-8H,6,9-12H2,1-3H3. The minimum atomic E-state index is -0.0987. The summed E-state index contributed by atoms with van der Waals surface area (Å²) in [7, 11) is 1.67. The number of nitrogens with zero attached hydrogens (tertiary/aromatic N) is 1. The van der Waals surface area contributed by atoms with Crippen LogP contribution in [-0.4, -0.2) is 25.2 Å². The Balaban J connectivity index is 2.22. The van der Waals surface area contributed by atoms with Gasteiger partial charge in [0.25, 0.3) is 0 Å². The van der Waals surface area contributed by atoms with Crippen molar-refractivity contribution < 1.29 is 9.53 Å². The van der Waals surface area contributed by atoms with Gasteiger partial charge in [0.05, 0.1) is 0 Å². The third-order valence-corrected chi connectivity index (χ3v) is 3.83. The van der Waals surface area contributed by atoms with Crippen molar-refractivity contribution in [1.82, 2.24) is 0 Å². The molecule has 0 aliphatic carbocycles. The van der Waals surface area contributed by atoms with Crippen molar-refractivity contribution in [2.75, 3.05) is 18.6 Å².